The van der Waals surface area contributed by atoms with Crippen molar-refractivity contribution >= 4 is 16.9 Å². The van der Waals surface area contributed by atoms with Crippen molar-refractivity contribution in [2.24, 2.45) is 0 Å². The number of hydrogen-bond donors (Lipinski definition) is 1. The number of halogens is 1. The summed E-state index contributed by atoms with van der Waals surface area (Å²) in [5.41, 5.74) is 0.235. The van der Waals surface area contributed by atoms with Gasteiger partial charge in [-0.25, -0.2) is 4.39 Å². The first-order valence-electron chi connectivity index (χ1n) is 4.21. The number of para-hydroxylation sites is 1. The number of aromatic hydroxyl groups is 1. The molecule has 0 amide bonds. The number of carbonyl (C=O) groups excluding carboxylic acids is 1. The van der Waals surface area contributed by atoms with Crippen molar-refractivity contribution in [3.8, 4) is 17.6 Å². The van der Waals surface area contributed by atoms with E-state index in [1.165, 1.54) is 19.1 Å². The van der Waals surface area contributed by atoms with Gasteiger partial charge in [0.25, 0.3) is 0 Å². The van der Waals surface area contributed by atoms with E-state index in [1.54, 1.807) is 0 Å². The molecule has 4 heteroatoms. The zero-order chi connectivity index (χ0) is 11.3. The number of phenolic OH excluding ortho intramolecular Hbond substituents is 1. The van der Waals surface area contributed by atoms with Crippen LogP contribution in [0.1, 0.15) is 12.5 Å². The average molecular weight is 224 g/mol. The third-order valence-corrected chi connectivity index (χ3v) is 2.25. The summed E-state index contributed by atoms with van der Waals surface area (Å²) in [6, 6.07) is 4.14. The standard InChI is InChI=1S/C11H9FO2S/c1-8(13)15-7-3-5-9-4-2-6-10(12)11(9)14/h2,4,6,14H,7H2,1H3. The van der Waals surface area contributed by atoms with E-state index in [4.69, 9.17) is 0 Å². The largest absolute Gasteiger partial charge is 0.504 e. The Labute approximate surface area is 91.5 Å². The molecule has 0 bridgehead atoms. The molecule has 1 N–H and O–H groups in total. The second-order valence-corrected chi connectivity index (χ2v) is 3.87. The fourth-order valence-corrected chi connectivity index (χ4v) is 1.23. The fraction of sp³-hybridized carbons (Fsp3) is 0.182. The first-order valence-corrected chi connectivity index (χ1v) is 5.19. The first kappa shape index (κ1) is 11.6. The second-order valence-electron chi connectivity index (χ2n) is 2.72. The van der Waals surface area contributed by atoms with E-state index in [0.717, 1.165) is 17.8 Å². The first-order chi connectivity index (χ1) is 7.11. The van der Waals surface area contributed by atoms with Crippen LogP contribution >= 0.6 is 11.8 Å². The van der Waals surface area contributed by atoms with Crippen LogP contribution < -0.4 is 0 Å². The maximum Gasteiger partial charge on any atom is 0.186 e. The summed E-state index contributed by atoms with van der Waals surface area (Å²) in [7, 11) is 0. The summed E-state index contributed by atoms with van der Waals surface area (Å²) in [6.45, 7) is 1.45. The minimum Gasteiger partial charge on any atom is -0.504 e. The molecule has 0 saturated heterocycles. The Bertz CT molecular complexity index is 432. The number of phenols is 1. The van der Waals surface area contributed by atoms with Crippen molar-refractivity contribution in [1.29, 1.82) is 0 Å². The average Bonchev–Trinajstić information content (AvgIpc) is 2.18. The molecule has 0 unspecified atom stereocenters. The third-order valence-electron chi connectivity index (χ3n) is 1.56. The highest BCUT2D eigenvalue weighted by molar-refractivity contribution is 8.13. The predicted octanol–water partition coefficient (Wildman–Crippen LogP) is 2.16. The summed E-state index contributed by atoms with van der Waals surface area (Å²) in [5.74, 6) is 4.46. The molecule has 0 aliphatic heterocycles. The van der Waals surface area contributed by atoms with Crippen molar-refractivity contribution in [3.63, 3.8) is 0 Å². The Hall–Kier alpha value is -1.47. The van der Waals surface area contributed by atoms with Crippen LogP contribution in [0, 0.1) is 17.7 Å². The summed E-state index contributed by atoms with van der Waals surface area (Å²) in [5, 5.41) is 9.23. The van der Waals surface area contributed by atoms with Crippen LogP contribution in [0.25, 0.3) is 0 Å². The van der Waals surface area contributed by atoms with Crippen molar-refractivity contribution < 1.29 is 14.3 Å². The second kappa shape index (κ2) is 5.42. The van der Waals surface area contributed by atoms with Crippen molar-refractivity contribution in [3.05, 3.63) is 29.6 Å². The van der Waals surface area contributed by atoms with Gasteiger partial charge >= 0.3 is 0 Å². The molecular formula is C11H9FO2S. The molecule has 0 atom stereocenters. The van der Waals surface area contributed by atoms with E-state index in [9.17, 15) is 14.3 Å². The van der Waals surface area contributed by atoms with Gasteiger partial charge in [0.15, 0.2) is 16.7 Å². The summed E-state index contributed by atoms with van der Waals surface area (Å²) < 4.78 is 12.8. The van der Waals surface area contributed by atoms with Gasteiger partial charge in [-0.3, -0.25) is 4.79 Å². The van der Waals surface area contributed by atoms with Gasteiger partial charge < -0.3 is 5.11 Å². The van der Waals surface area contributed by atoms with E-state index in [-0.39, 0.29) is 10.7 Å². The van der Waals surface area contributed by atoms with Crippen molar-refractivity contribution in [2.45, 2.75) is 6.92 Å². The van der Waals surface area contributed by atoms with E-state index in [0.29, 0.717) is 5.75 Å². The minimum absolute atomic E-state index is 0.0206. The molecule has 1 aromatic carbocycles. The molecule has 2 nitrogen and oxygen atoms in total. The molecule has 0 saturated carbocycles. The predicted molar refractivity (Wildman–Crippen MR) is 58.1 cm³/mol. The molecule has 0 heterocycles. The van der Waals surface area contributed by atoms with Crippen molar-refractivity contribution in [2.75, 3.05) is 5.75 Å². The lowest BCUT2D eigenvalue weighted by molar-refractivity contribution is -0.109. The van der Waals surface area contributed by atoms with Crippen LogP contribution in [-0.2, 0) is 4.79 Å². The van der Waals surface area contributed by atoms with Gasteiger partial charge in [0, 0.05) is 6.92 Å². The zero-order valence-corrected chi connectivity index (χ0v) is 8.90. The zero-order valence-electron chi connectivity index (χ0n) is 8.08. The lowest BCUT2D eigenvalue weighted by Gasteiger charge is -1.96. The van der Waals surface area contributed by atoms with Crippen molar-refractivity contribution in [1.82, 2.24) is 0 Å². The summed E-state index contributed by atoms with van der Waals surface area (Å²) in [6.07, 6.45) is 0. The molecular weight excluding hydrogens is 215 g/mol. The van der Waals surface area contributed by atoms with E-state index in [1.807, 2.05) is 0 Å². The molecule has 15 heavy (non-hydrogen) atoms. The maximum atomic E-state index is 12.8. The molecule has 0 radical (unpaired) electrons. The van der Waals surface area contributed by atoms with Crippen LogP contribution in [0.2, 0.25) is 0 Å². The minimum atomic E-state index is -0.693. The SMILES string of the molecule is CC(=O)SCC#Cc1cccc(F)c1O. The quantitative estimate of drug-likeness (QED) is 0.743. The molecule has 0 aromatic heterocycles. The Morgan fingerprint density at radius 1 is 1.60 bits per heavy atom. The number of hydrogen-bond acceptors (Lipinski definition) is 3. The Kier molecular flexibility index (Phi) is 4.19. The maximum absolute atomic E-state index is 12.8. The number of rotatable bonds is 1. The van der Waals surface area contributed by atoms with Gasteiger partial charge in [-0.2, -0.15) is 0 Å². The Morgan fingerprint density at radius 2 is 2.33 bits per heavy atom. The normalized spacial score (nSPS) is 9.20. The number of benzene rings is 1. The van der Waals surface area contributed by atoms with E-state index in [2.05, 4.69) is 11.8 Å². The van der Waals surface area contributed by atoms with Crippen LogP contribution in [-0.4, -0.2) is 16.0 Å². The summed E-state index contributed by atoms with van der Waals surface area (Å²) in [4.78, 5) is 10.6. The van der Waals surface area contributed by atoms with Gasteiger partial charge in [0.2, 0.25) is 0 Å². The van der Waals surface area contributed by atoms with Gasteiger partial charge in [0.1, 0.15) is 0 Å². The van der Waals surface area contributed by atoms with Crippen LogP contribution in [0.3, 0.4) is 0 Å². The van der Waals surface area contributed by atoms with Crippen LogP contribution in [0.5, 0.6) is 5.75 Å². The highest BCUT2D eigenvalue weighted by Crippen LogP contribution is 2.19. The van der Waals surface area contributed by atoms with Gasteiger partial charge in [-0.15, -0.1) is 0 Å². The lowest BCUT2D eigenvalue weighted by atomic mass is 10.2. The van der Waals surface area contributed by atoms with Gasteiger partial charge in [-0.1, -0.05) is 29.7 Å². The molecule has 0 aliphatic carbocycles. The molecule has 0 fully saturated rings. The molecule has 1 aromatic rings. The smallest absolute Gasteiger partial charge is 0.186 e. The molecule has 1 rings (SSSR count). The van der Waals surface area contributed by atoms with Gasteiger partial charge in [0.05, 0.1) is 11.3 Å². The monoisotopic (exact) mass is 224 g/mol. The van der Waals surface area contributed by atoms with Crippen LogP contribution in [0.4, 0.5) is 4.39 Å². The summed E-state index contributed by atoms with van der Waals surface area (Å²) >= 11 is 1.07. The van der Waals surface area contributed by atoms with Crippen LogP contribution in [0.15, 0.2) is 18.2 Å². The Balaban J connectivity index is 2.72. The molecule has 78 valence electrons. The highest BCUT2D eigenvalue weighted by atomic mass is 32.2. The van der Waals surface area contributed by atoms with E-state index >= 15 is 0 Å². The van der Waals surface area contributed by atoms with E-state index < -0.39 is 11.6 Å². The highest BCUT2D eigenvalue weighted by Gasteiger charge is 2.02. The lowest BCUT2D eigenvalue weighted by Crippen LogP contribution is -1.84. The fourth-order valence-electron chi connectivity index (χ4n) is 0.885. The van der Waals surface area contributed by atoms with Gasteiger partial charge in [-0.05, 0) is 12.1 Å². The number of carbonyl (C=O) groups is 1. The topological polar surface area (TPSA) is 37.3 Å². The molecule has 0 spiro atoms. The number of thioether (sulfide) groups is 1. The Morgan fingerprint density at radius 3 is 3.00 bits per heavy atom. The third kappa shape index (κ3) is 3.64. The molecule has 0 aliphatic rings.